The standard InChI is InChI=1S/C16H22N2O2S/c1-12(2)14-10-9-13(3)16(11-14)17-18-21(19,20)15-7-5-4-6-8-15/h4-9,12,14,18H,10-11H2,1-3H3/b17-16+. The van der Waals surface area contributed by atoms with Crippen molar-refractivity contribution in [1.29, 1.82) is 0 Å². The lowest BCUT2D eigenvalue weighted by Crippen LogP contribution is -2.24. The molecule has 2 rings (SSSR count). The summed E-state index contributed by atoms with van der Waals surface area (Å²) >= 11 is 0. The summed E-state index contributed by atoms with van der Waals surface area (Å²) in [4.78, 5) is 2.58. The molecule has 21 heavy (non-hydrogen) atoms. The molecule has 114 valence electrons. The normalized spacial score (nSPS) is 21.4. The van der Waals surface area contributed by atoms with E-state index in [1.165, 1.54) is 0 Å². The summed E-state index contributed by atoms with van der Waals surface area (Å²) in [5, 5.41) is 4.16. The number of hydrogen-bond acceptors (Lipinski definition) is 3. The van der Waals surface area contributed by atoms with Crippen LogP contribution in [0.3, 0.4) is 0 Å². The van der Waals surface area contributed by atoms with E-state index in [-0.39, 0.29) is 4.90 Å². The molecule has 1 unspecified atom stereocenters. The zero-order chi connectivity index (χ0) is 15.5. The van der Waals surface area contributed by atoms with Crippen LogP contribution in [0.15, 0.2) is 52.0 Å². The number of hydrazone groups is 1. The molecule has 0 saturated heterocycles. The average molecular weight is 306 g/mol. The van der Waals surface area contributed by atoms with Crippen LogP contribution in [0.5, 0.6) is 0 Å². The van der Waals surface area contributed by atoms with Crippen LogP contribution in [-0.2, 0) is 10.0 Å². The molecule has 0 aliphatic heterocycles. The van der Waals surface area contributed by atoms with E-state index >= 15 is 0 Å². The summed E-state index contributed by atoms with van der Waals surface area (Å²) in [6.45, 7) is 6.35. The van der Waals surface area contributed by atoms with Gasteiger partial charge in [0, 0.05) is 0 Å². The van der Waals surface area contributed by atoms with Crippen LogP contribution in [0.2, 0.25) is 0 Å². The molecule has 0 saturated carbocycles. The van der Waals surface area contributed by atoms with Gasteiger partial charge in [0.1, 0.15) is 0 Å². The molecule has 1 aliphatic rings. The Bertz CT molecular complexity index is 646. The number of sulfonamides is 1. The van der Waals surface area contributed by atoms with Gasteiger partial charge in [-0.2, -0.15) is 18.4 Å². The van der Waals surface area contributed by atoms with Crippen molar-refractivity contribution in [3.05, 3.63) is 42.0 Å². The fourth-order valence-corrected chi connectivity index (χ4v) is 3.20. The van der Waals surface area contributed by atoms with Gasteiger partial charge in [-0.25, -0.2) is 0 Å². The lowest BCUT2D eigenvalue weighted by molar-refractivity contribution is 0.395. The largest absolute Gasteiger partial charge is 0.276 e. The van der Waals surface area contributed by atoms with Gasteiger partial charge in [-0.1, -0.05) is 38.1 Å². The van der Waals surface area contributed by atoms with Crippen molar-refractivity contribution in [3.8, 4) is 0 Å². The van der Waals surface area contributed by atoms with Crippen LogP contribution in [0.25, 0.3) is 0 Å². The Kier molecular flexibility index (Phi) is 4.83. The molecule has 1 aromatic rings. The van der Waals surface area contributed by atoms with Crippen LogP contribution in [0.4, 0.5) is 0 Å². The first kappa shape index (κ1) is 15.8. The zero-order valence-corrected chi connectivity index (χ0v) is 13.5. The topological polar surface area (TPSA) is 58.5 Å². The van der Waals surface area contributed by atoms with E-state index in [0.717, 1.165) is 24.1 Å². The Balaban J connectivity index is 2.17. The van der Waals surface area contributed by atoms with E-state index in [2.05, 4.69) is 29.9 Å². The van der Waals surface area contributed by atoms with E-state index in [9.17, 15) is 8.42 Å². The minimum absolute atomic E-state index is 0.229. The maximum absolute atomic E-state index is 12.2. The smallest absolute Gasteiger partial charge is 0.200 e. The third-order valence-electron chi connectivity index (χ3n) is 3.93. The summed E-state index contributed by atoms with van der Waals surface area (Å²) in [6, 6.07) is 8.29. The molecule has 1 aromatic carbocycles. The number of nitrogens with zero attached hydrogens (tertiary/aromatic N) is 1. The van der Waals surface area contributed by atoms with E-state index in [0.29, 0.717) is 11.8 Å². The number of hydrogen-bond donors (Lipinski definition) is 1. The predicted molar refractivity (Wildman–Crippen MR) is 85.5 cm³/mol. The molecular weight excluding hydrogens is 284 g/mol. The number of benzene rings is 1. The lowest BCUT2D eigenvalue weighted by Gasteiger charge is -2.25. The van der Waals surface area contributed by atoms with Crippen molar-refractivity contribution >= 4 is 15.7 Å². The Hall–Kier alpha value is -1.62. The van der Waals surface area contributed by atoms with Crippen molar-refractivity contribution < 1.29 is 8.42 Å². The SMILES string of the molecule is CC1=CCC(C(C)C)C/C1=N\NS(=O)(=O)c1ccccc1. The Labute approximate surface area is 127 Å². The van der Waals surface area contributed by atoms with Gasteiger partial charge in [0.25, 0.3) is 10.0 Å². The molecule has 4 nitrogen and oxygen atoms in total. The zero-order valence-electron chi connectivity index (χ0n) is 12.7. The molecule has 1 atom stereocenters. The van der Waals surface area contributed by atoms with E-state index in [1.54, 1.807) is 30.3 Å². The summed E-state index contributed by atoms with van der Waals surface area (Å²) in [7, 11) is -3.59. The molecule has 0 heterocycles. The van der Waals surface area contributed by atoms with Crippen molar-refractivity contribution in [2.75, 3.05) is 0 Å². The molecule has 5 heteroatoms. The molecular formula is C16H22N2O2S. The predicted octanol–water partition coefficient (Wildman–Crippen LogP) is 3.33. The summed E-state index contributed by atoms with van der Waals surface area (Å²) in [6.07, 6.45) is 4.00. The summed E-state index contributed by atoms with van der Waals surface area (Å²) < 4.78 is 24.3. The molecule has 1 aliphatic carbocycles. The van der Waals surface area contributed by atoms with E-state index in [1.807, 2.05) is 6.92 Å². The Morgan fingerprint density at radius 3 is 2.52 bits per heavy atom. The highest BCUT2D eigenvalue weighted by Crippen LogP contribution is 2.27. The molecule has 1 N–H and O–H groups in total. The Morgan fingerprint density at radius 2 is 1.90 bits per heavy atom. The third-order valence-corrected chi connectivity index (χ3v) is 5.16. The quantitative estimate of drug-likeness (QED) is 0.867. The lowest BCUT2D eigenvalue weighted by atomic mass is 9.82. The van der Waals surface area contributed by atoms with Gasteiger partial charge in [-0.15, -0.1) is 0 Å². The maximum atomic E-state index is 12.2. The van der Waals surface area contributed by atoms with Gasteiger partial charge in [0.15, 0.2) is 0 Å². The van der Waals surface area contributed by atoms with Crippen LogP contribution >= 0.6 is 0 Å². The highest BCUT2D eigenvalue weighted by molar-refractivity contribution is 7.89. The van der Waals surface area contributed by atoms with Crippen molar-refractivity contribution in [2.24, 2.45) is 16.9 Å². The molecule has 0 amide bonds. The number of nitrogens with one attached hydrogen (secondary N) is 1. The second kappa shape index (κ2) is 6.43. The molecule has 0 radical (unpaired) electrons. The minimum Gasteiger partial charge on any atom is -0.200 e. The first-order valence-corrected chi connectivity index (χ1v) is 8.69. The number of allylic oxidation sites excluding steroid dienone is 2. The van der Waals surface area contributed by atoms with Crippen molar-refractivity contribution in [2.45, 2.75) is 38.5 Å². The van der Waals surface area contributed by atoms with Crippen molar-refractivity contribution in [3.63, 3.8) is 0 Å². The van der Waals surface area contributed by atoms with E-state index in [4.69, 9.17) is 0 Å². The fraction of sp³-hybridized carbons (Fsp3) is 0.438. The van der Waals surface area contributed by atoms with Gasteiger partial charge >= 0.3 is 0 Å². The minimum atomic E-state index is -3.59. The first-order valence-electron chi connectivity index (χ1n) is 7.20. The fourth-order valence-electron chi connectivity index (χ4n) is 2.35. The monoisotopic (exact) mass is 306 g/mol. The molecule has 0 spiro atoms. The molecule has 0 fully saturated rings. The average Bonchev–Trinajstić information content (AvgIpc) is 2.47. The second-order valence-electron chi connectivity index (χ2n) is 5.80. The summed E-state index contributed by atoms with van der Waals surface area (Å²) in [5.41, 5.74) is 1.89. The van der Waals surface area contributed by atoms with Gasteiger partial charge in [-0.3, -0.25) is 0 Å². The first-order chi connectivity index (χ1) is 9.90. The van der Waals surface area contributed by atoms with Crippen LogP contribution in [-0.4, -0.2) is 14.1 Å². The third kappa shape index (κ3) is 3.94. The van der Waals surface area contributed by atoms with Gasteiger partial charge in [-0.05, 0) is 49.3 Å². The van der Waals surface area contributed by atoms with Crippen LogP contribution in [0.1, 0.15) is 33.6 Å². The molecule has 0 bridgehead atoms. The molecule has 0 aromatic heterocycles. The van der Waals surface area contributed by atoms with Gasteiger partial charge in [0.05, 0.1) is 10.6 Å². The highest BCUT2D eigenvalue weighted by atomic mass is 32.2. The number of rotatable bonds is 4. The second-order valence-corrected chi connectivity index (χ2v) is 7.46. The van der Waals surface area contributed by atoms with Gasteiger partial charge < -0.3 is 0 Å². The Morgan fingerprint density at radius 1 is 1.24 bits per heavy atom. The highest BCUT2D eigenvalue weighted by Gasteiger charge is 2.21. The van der Waals surface area contributed by atoms with Crippen LogP contribution < -0.4 is 4.83 Å². The summed E-state index contributed by atoms with van der Waals surface area (Å²) in [5.74, 6) is 1.08. The van der Waals surface area contributed by atoms with E-state index < -0.39 is 10.0 Å². The van der Waals surface area contributed by atoms with Crippen molar-refractivity contribution in [1.82, 2.24) is 4.83 Å². The van der Waals surface area contributed by atoms with Gasteiger partial charge in [0.2, 0.25) is 0 Å². The maximum Gasteiger partial charge on any atom is 0.276 e. The van der Waals surface area contributed by atoms with Crippen LogP contribution in [0, 0.1) is 11.8 Å².